The number of carbonyl (C=O) groups is 2. The van der Waals surface area contributed by atoms with Gasteiger partial charge in [0.25, 0.3) is 5.91 Å². The number of halogens is 1. The van der Waals surface area contributed by atoms with Crippen molar-refractivity contribution in [2.24, 2.45) is 0 Å². The van der Waals surface area contributed by atoms with E-state index in [9.17, 15) is 9.59 Å². The number of esters is 1. The van der Waals surface area contributed by atoms with Crippen LogP contribution in [0.25, 0.3) is 0 Å². The van der Waals surface area contributed by atoms with Crippen LogP contribution in [0.1, 0.15) is 23.3 Å². The molecule has 1 aliphatic rings. The molecule has 0 saturated carbocycles. The molecule has 0 unspecified atom stereocenters. The second-order valence-corrected chi connectivity index (χ2v) is 6.16. The third-order valence-corrected chi connectivity index (χ3v) is 4.12. The predicted molar refractivity (Wildman–Crippen MR) is 96.0 cm³/mol. The SMILES string of the molecule is O=C(COC(=O)c1cc(Cl)ccn1)Nc1ccc(N2CCCC2)cc1. The minimum Gasteiger partial charge on any atom is -0.451 e. The number of nitrogens with one attached hydrogen (secondary N) is 1. The lowest BCUT2D eigenvalue weighted by atomic mass is 10.2. The van der Waals surface area contributed by atoms with Crippen molar-refractivity contribution in [3.05, 3.63) is 53.3 Å². The molecule has 3 rings (SSSR count). The van der Waals surface area contributed by atoms with Gasteiger partial charge in [-0.25, -0.2) is 9.78 Å². The van der Waals surface area contributed by atoms with Gasteiger partial charge in [0.05, 0.1) is 0 Å². The van der Waals surface area contributed by atoms with E-state index in [1.807, 2.05) is 24.3 Å². The Morgan fingerprint density at radius 1 is 1.16 bits per heavy atom. The number of hydrogen-bond acceptors (Lipinski definition) is 5. The largest absolute Gasteiger partial charge is 0.451 e. The summed E-state index contributed by atoms with van der Waals surface area (Å²) < 4.78 is 4.94. The van der Waals surface area contributed by atoms with Crippen LogP contribution in [0, 0.1) is 0 Å². The molecule has 25 heavy (non-hydrogen) atoms. The van der Waals surface area contributed by atoms with Gasteiger partial charge >= 0.3 is 5.97 Å². The zero-order chi connectivity index (χ0) is 17.6. The highest BCUT2D eigenvalue weighted by Gasteiger charge is 2.14. The van der Waals surface area contributed by atoms with Crippen molar-refractivity contribution < 1.29 is 14.3 Å². The van der Waals surface area contributed by atoms with Crippen molar-refractivity contribution in [1.82, 2.24) is 4.98 Å². The molecule has 1 aromatic heterocycles. The molecular formula is C18H18ClN3O3. The van der Waals surface area contributed by atoms with E-state index in [1.54, 1.807) is 6.07 Å². The summed E-state index contributed by atoms with van der Waals surface area (Å²) in [6, 6.07) is 10.6. The van der Waals surface area contributed by atoms with Crippen molar-refractivity contribution in [2.75, 3.05) is 29.9 Å². The van der Waals surface area contributed by atoms with E-state index in [0.717, 1.165) is 18.8 Å². The van der Waals surface area contributed by atoms with E-state index in [4.69, 9.17) is 16.3 Å². The maximum absolute atomic E-state index is 11.9. The molecule has 0 spiro atoms. The van der Waals surface area contributed by atoms with Gasteiger partial charge in [0.15, 0.2) is 6.61 Å². The standard InChI is InChI=1S/C18H18ClN3O3/c19-13-7-8-20-16(11-13)18(24)25-12-17(23)21-14-3-5-15(6-4-14)22-9-1-2-10-22/h3-8,11H,1-2,9-10,12H2,(H,21,23). The average Bonchev–Trinajstić information content (AvgIpc) is 3.15. The number of aromatic nitrogens is 1. The third-order valence-electron chi connectivity index (χ3n) is 3.89. The van der Waals surface area contributed by atoms with Gasteiger partial charge in [-0.15, -0.1) is 0 Å². The van der Waals surface area contributed by atoms with Gasteiger partial charge in [-0.3, -0.25) is 4.79 Å². The molecule has 7 heteroatoms. The molecule has 0 radical (unpaired) electrons. The Morgan fingerprint density at radius 2 is 1.88 bits per heavy atom. The molecule has 6 nitrogen and oxygen atoms in total. The number of nitrogens with zero attached hydrogens (tertiary/aromatic N) is 2. The summed E-state index contributed by atoms with van der Waals surface area (Å²) in [6.07, 6.45) is 3.83. The number of rotatable bonds is 5. The van der Waals surface area contributed by atoms with E-state index >= 15 is 0 Å². The second-order valence-electron chi connectivity index (χ2n) is 5.72. The number of anilines is 2. The number of ether oxygens (including phenoxy) is 1. The first-order chi connectivity index (χ1) is 12.1. The molecule has 1 fully saturated rings. The fourth-order valence-corrected chi connectivity index (χ4v) is 2.81. The number of benzene rings is 1. The lowest BCUT2D eigenvalue weighted by molar-refractivity contribution is -0.119. The Kier molecular flexibility index (Phi) is 5.50. The summed E-state index contributed by atoms with van der Waals surface area (Å²) in [5, 5.41) is 3.08. The molecule has 130 valence electrons. The van der Waals surface area contributed by atoms with E-state index in [-0.39, 0.29) is 12.3 Å². The molecule has 2 aromatic rings. The van der Waals surface area contributed by atoms with Crippen molar-refractivity contribution in [3.63, 3.8) is 0 Å². The Balaban J connectivity index is 1.49. The summed E-state index contributed by atoms with van der Waals surface area (Å²) in [7, 11) is 0. The lowest BCUT2D eigenvalue weighted by Crippen LogP contribution is -2.21. The highest BCUT2D eigenvalue weighted by molar-refractivity contribution is 6.30. The van der Waals surface area contributed by atoms with Gasteiger partial charge < -0.3 is 15.0 Å². The summed E-state index contributed by atoms with van der Waals surface area (Å²) in [5.74, 6) is -1.11. The van der Waals surface area contributed by atoms with Crippen LogP contribution in [0.5, 0.6) is 0 Å². The fourth-order valence-electron chi connectivity index (χ4n) is 2.65. The van der Waals surface area contributed by atoms with Crippen LogP contribution in [0.4, 0.5) is 11.4 Å². The highest BCUT2D eigenvalue weighted by Crippen LogP contribution is 2.22. The Hall–Kier alpha value is -2.60. The maximum atomic E-state index is 11.9. The molecule has 1 amide bonds. The molecule has 1 aromatic carbocycles. The Bertz CT molecular complexity index is 758. The lowest BCUT2D eigenvalue weighted by Gasteiger charge is -2.17. The van der Waals surface area contributed by atoms with E-state index in [0.29, 0.717) is 10.7 Å². The molecule has 1 saturated heterocycles. The van der Waals surface area contributed by atoms with E-state index in [2.05, 4.69) is 15.2 Å². The van der Waals surface area contributed by atoms with Crippen LogP contribution >= 0.6 is 11.6 Å². The average molecular weight is 360 g/mol. The van der Waals surface area contributed by atoms with Crippen LogP contribution in [0.15, 0.2) is 42.6 Å². The van der Waals surface area contributed by atoms with Crippen LogP contribution < -0.4 is 10.2 Å². The zero-order valence-electron chi connectivity index (χ0n) is 13.6. The summed E-state index contributed by atoms with van der Waals surface area (Å²) >= 11 is 5.79. The Labute approximate surface area is 150 Å². The van der Waals surface area contributed by atoms with Crippen molar-refractivity contribution in [1.29, 1.82) is 0 Å². The predicted octanol–water partition coefficient (Wildman–Crippen LogP) is 3.13. The normalized spacial score (nSPS) is 13.6. The molecule has 0 aliphatic carbocycles. The van der Waals surface area contributed by atoms with Crippen molar-refractivity contribution in [3.8, 4) is 0 Å². The zero-order valence-corrected chi connectivity index (χ0v) is 14.3. The number of amides is 1. The van der Waals surface area contributed by atoms with Crippen LogP contribution in [0.3, 0.4) is 0 Å². The molecular weight excluding hydrogens is 342 g/mol. The molecule has 0 bridgehead atoms. The van der Waals surface area contributed by atoms with E-state index in [1.165, 1.54) is 25.1 Å². The van der Waals surface area contributed by atoms with Gasteiger partial charge in [-0.2, -0.15) is 0 Å². The first-order valence-electron chi connectivity index (χ1n) is 8.05. The van der Waals surface area contributed by atoms with Gasteiger partial charge in [0, 0.05) is 35.7 Å². The monoisotopic (exact) mass is 359 g/mol. The highest BCUT2D eigenvalue weighted by atomic mass is 35.5. The van der Waals surface area contributed by atoms with Crippen LogP contribution in [-0.4, -0.2) is 36.6 Å². The first-order valence-corrected chi connectivity index (χ1v) is 8.43. The summed E-state index contributed by atoms with van der Waals surface area (Å²) in [4.78, 5) is 29.9. The smallest absolute Gasteiger partial charge is 0.357 e. The number of carbonyl (C=O) groups excluding carboxylic acids is 2. The summed E-state index contributed by atoms with van der Waals surface area (Å²) in [6.45, 7) is 1.75. The van der Waals surface area contributed by atoms with E-state index < -0.39 is 11.9 Å². The number of hydrogen-bond donors (Lipinski definition) is 1. The Morgan fingerprint density at radius 3 is 2.56 bits per heavy atom. The summed E-state index contributed by atoms with van der Waals surface area (Å²) in [5.41, 5.74) is 1.87. The van der Waals surface area contributed by atoms with Gasteiger partial charge in [0.1, 0.15) is 5.69 Å². The molecule has 0 atom stereocenters. The quantitative estimate of drug-likeness (QED) is 0.830. The molecule has 1 N–H and O–H groups in total. The number of pyridine rings is 1. The minimum atomic E-state index is -0.693. The third kappa shape index (κ3) is 4.70. The fraction of sp³-hybridized carbons (Fsp3) is 0.278. The topological polar surface area (TPSA) is 71.5 Å². The first kappa shape index (κ1) is 17.2. The van der Waals surface area contributed by atoms with Crippen LogP contribution in [-0.2, 0) is 9.53 Å². The van der Waals surface area contributed by atoms with Gasteiger partial charge in [-0.1, -0.05) is 11.6 Å². The molecule has 2 heterocycles. The second kappa shape index (κ2) is 7.98. The van der Waals surface area contributed by atoms with Gasteiger partial charge in [-0.05, 0) is 49.2 Å². The molecule has 1 aliphatic heterocycles. The van der Waals surface area contributed by atoms with Crippen LogP contribution in [0.2, 0.25) is 5.02 Å². The van der Waals surface area contributed by atoms with Gasteiger partial charge in [0.2, 0.25) is 0 Å². The maximum Gasteiger partial charge on any atom is 0.357 e. The van der Waals surface area contributed by atoms with Crippen molar-refractivity contribution >= 4 is 34.9 Å². The van der Waals surface area contributed by atoms with Crippen molar-refractivity contribution in [2.45, 2.75) is 12.8 Å². The minimum absolute atomic E-state index is 0.0651.